The molecule has 4 rings (SSSR count). The number of aromatic nitrogens is 1. The molecule has 0 aliphatic carbocycles. The van der Waals surface area contributed by atoms with Crippen LogP contribution in [0.15, 0.2) is 59.0 Å². The van der Waals surface area contributed by atoms with Crippen molar-refractivity contribution < 1.29 is 14.3 Å². The van der Waals surface area contributed by atoms with E-state index < -0.39 is 11.4 Å². The minimum absolute atomic E-state index is 0.135. The molecule has 0 atom stereocenters. The van der Waals surface area contributed by atoms with E-state index in [2.05, 4.69) is 0 Å². The number of aryl methyl sites for hydroxylation is 1. The summed E-state index contributed by atoms with van der Waals surface area (Å²) in [5, 5.41) is 12.2. The number of rotatable bonds is 5. The van der Waals surface area contributed by atoms with Gasteiger partial charge in [-0.2, -0.15) is 0 Å². The second-order valence-corrected chi connectivity index (χ2v) is 8.72. The monoisotopic (exact) mass is 453 g/mol. The molecular formula is C25H21Cl2NO3. The first-order chi connectivity index (χ1) is 14.7. The van der Waals surface area contributed by atoms with Crippen LogP contribution in [0.2, 0.25) is 10.0 Å². The van der Waals surface area contributed by atoms with E-state index in [1.165, 1.54) is 13.8 Å². The normalized spacial score (nSPS) is 11.8. The predicted molar refractivity (Wildman–Crippen MR) is 125 cm³/mol. The largest absolute Gasteiger partial charge is 0.434 e. The summed E-state index contributed by atoms with van der Waals surface area (Å²) < 4.78 is 5.91. The highest BCUT2D eigenvalue weighted by Crippen LogP contribution is 2.39. The summed E-state index contributed by atoms with van der Waals surface area (Å²) in [7, 11) is 0. The van der Waals surface area contributed by atoms with Crippen LogP contribution in [0, 0.1) is 0 Å². The van der Waals surface area contributed by atoms with Crippen molar-refractivity contribution in [2.24, 2.45) is 0 Å². The van der Waals surface area contributed by atoms with E-state index in [4.69, 9.17) is 32.6 Å². The molecule has 0 spiro atoms. The highest BCUT2D eigenvalue weighted by atomic mass is 35.5. The molecule has 2 heterocycles. The molecule has 158 valence electrons. The molecule has 0 aliphatic rings. The highest BCUT2D eigenvalue weighted by molar-refractivity contribution is 6.33. The van der Waals surface area contributed by atoms with Gasteiger partial charge in [0, 0.05) is 32.1 Å². The van der Waals surface area contributed by atoms with Crippen molar-refractivity contribution in [3.8, 4) is 22.4 Å². The van der Waals surface area contributed by atoms with Gasteiger partial charge in [0.15, 0.2) is 5.76 Å². The molecule has 0 amide bonds. The van der Waals surface area contributed by atoms with Crippen molar-refractivity contribution in [1.29, 1.82) is 0 Å². The van der Waals surface area contributed by atoms with Crippen molar-refractivity contribution in [3.63, 3.8) is 0 Å². The first-order valence-corrected chi connectivity index (χ1v) is 10.7. The molecule has 0 aliphatic heterocycles. The molecule has 2 aromatic carbocycles. The van der Waals surface area contributed by atoms with E-state index in [1.807, 2.05) is 55.5 Å². The highest BCUT2D eigenvalue weighted by Gasteiger charge is 2.32. The van der Waals surface area contributed by atoms with Crippen molar-refractivity contribution in [1.82, 2.24) is 4.98 Å². The number of pyridine rings is 1. The maximum atomic E-state index is 12.8. The zero-order chi connectivity index (χ0) is 22.3. The number of halogens is 2. The van der Waals surface area contributed by atoms with Gasteiger partial charge in [-0.25, -0.2) is 4.98 Å². The van der Waals surface area contributed by atoms with E-state index in [0.717, 1.165) is 27.6 Å². The first-order valence-electron chi connectivity index (χ1n) is 9.95. The van der Waals surface area contributed by atoms with Gasteiger partial charge in [0.25, 0.3) is 0 Å². The lowest BCUT2D eigenvalue weighted by Crippen LogP contribution is -2.31. The molecule has 2 aromatic heterocycles. The van der Waals surface area contributed by atoms with Crippen molar-refractivity contribution >= 4 is 40.1 Å². The van der Waals surface area contributed by atoms with E-state index in [0.29, 0.717) is 27.9 Å². The number of hydrogen-bond donors (Lipinski definition) is 1. The number of ketones is 1. The van der Waals surface area contributed by atoms with Gasteiger partial charge >= 0.3 is 0 Å². The molecular weight excluding hydrogens is 433 g/mol. The van der Waals surface area contributed by atoms with Crippen LogP contribution in [0.3, 0.4) is 0 Å². The Bertz CT molecular complexity index is 1280. The molecule has 6 heteroatoms. The summed E-state index contributed by atoms with van der Waals surface area (Å²) >= 11 is 12.6. The molecule has 0 fully saturated rings. The second-order valence-electron chi connectivity index (χ2n) is 7.88. The quantitative estimate of drug-likeness (QED) is 0.330. The Hall–Kier alpha value is -2.66. The Morgan fingerprint density at radius 1 is 1.06 bits per heavy atom. The standard InChI is InChI=1S/C25H21Cl2NO3/c1-4-16-19-13-18(14-9-11-15(26)12-10-14)21(17-7-5-6-8-20(17)27)28-24(19)31-22(16)23(29)25(2,3)30/h5-13,30H,4H2,1-3H3. The fraction of sp³-hybridized carbons (Fsp3) is 0.200. The van der Waals surface area contributed by atoms with Crippen LogP contribution in [0.25, 0.3) is 33.5 Å². The lowest BCUT2D eigenvalue weighted by Gasteiger charge is -2.14. The molecule has 0 saturated carbocycles. The summed E-state index contributed by atoms with van der Waals surface area (Å²) in [5.74, 6) is -0.342. The minimum atomic E-state index is -1.55. The Balaban J connectivity index is 2.05. The Morgan fingerprint density at radius 2 is 1.74 bits per heavy atom. The summed E-state index contributed by atoms with van der Waals surface area (Å²) in [6.45, 7) is 4.84. The number of hydrogen-bond acceptors (Lipinski definition) is 4. The SMILES string of the molecule is CCc1c(C(=O)C(C)(C)O)oc2nc(-c3ccccc3Cl)c(-c3ccc(Cl)cc3)cc12. The zero-order valence-corrected chi connectivity index (χ0v) is 18.9. The summed E-state index contributed by atoms with van der Waals surface area (Å²) in [4.78, 5) is 17.6. The maximum absolute atomic E-state index is 12.8. The number of carbonyl (C=O) groups is 1. The minimum Gasteiger partial charge on any atom is -0.434 e. The Labute approximate surface area is 190 Å². The van der Waals surface area contributed by atoms with Crippen molar-refractivity contribution in [2.45, 2.75) is 32.8 Å². The number of furan rings is 1. The number of aliphatic hydroxyl groups is 1. The lowest BCUT2D eigenvalue weighted by molar-refractivity contribution is 0.0459. The van der Waals surface area contributed by atoms with Crippen molar-refractivity contribution in [3.05, 3.63) is 76.0 Å². The lowest BCUT2D eigenvalue weighted by atomic mass is 9.95. The average molecular weight is 454 g/mol. The number of nitrogens with zero attached hydrogens (tertiary/aromatic N) is 1. The smallest absolute Gasteiger partial charge is 0.229 e. The van der Waals surface area contributed by atoms with Gasteiger partial charge in [-0.15, -0.1) is 0 Å². The van der Waals surface area contributed by atoms with Gasteiger partial charge < -0.3 is 9.52 Å². The van der Waals surface area contributed by atoms with E-state index in [1.54, 1.807) is 6.07 Å². The number of fused-ring (bicyclic) bond motifs is 1. The molecule has 4 nitrogen and oxygen atoms in total. The third-order valence-electron chi connectivity index (χ3n) is 5.19. The fourth-order valence-corrected chi connectivity index (χ4v) is 3.94. The van der Waals surface area contributed by atoms with Crippen LogP contribution in [0.4, 0.5) is 0 Å². The number of benzene rings is 2. The van der Waals surface area contributed by atoms with Gasteiger partial charge in [-0.3, -0.25) is 4.79 Å². The van der Waals surface area contributed by atoms with E-state index >= 15 is 0 Å². The maximum Gasteiger partial charge on any atom is 0.229 e. The summed E-state index contributed by atoms with van der Waals surface area (Å²) in [6.07, 6.45) is 0.553. The van der Waals surface area contributed by atoms with Crippen LogP contribution < -0.4 is 0 Å². The predicted octanol–water partition coefficient (Wildman–Crippen LogP) is 6.98. The third-order valence-corrected chi connectivity index (χ3v) is 5.77. The number of Topliss-reactive ketones (excluding diaryl/α,β-unsaturated/α-hetero) is 1. The van der Waals surface area contributed by atoms with E-state index in [9.17, 15) is 9.90 Å². The van der Waals surface area contributed by atoms with Crippen LogP contribution in [-0.2, 0) is 6.42 Å². The summed E-state index contributed by atoms with van der Waals surface area (Å²) in [5.41, 5.74) is 2.64. The van der Waals surface area contributed by atoms with Gasteiger partial charge in [0.1, 0.15) is 5.60 Å². The second kappa shape index (κ2) is 8.12. The van der Waals surface area contributed by atoms with Gasteiger partial charge in [-0.1, -0.05) is 60.5 Å². The Kier molecular flexibility index (Phi) is 5.65. The molecule has 0 saturated heterocycles. The van der Waals surface area contributed by atoms with Crippen LogP contribution in [-0.4, -0.2) is 21.5 Å². The van der Waals surface area contributed by atoms with Gasteiger partial charge in [0.2, 0.25) is 11.5 Å². The Morgan fingerprint density at radius 3 is 2.35 bits per heavy atom. The topological polar surface area (TPSA) is 63.3 Å². The molecule has 0 unspecified atom stereocenters. The van der Waals surface area contributed by atoms with Crippen molar-refractivity contribution in [2.75, 3.05) is 0 Å². The zero-order valence-electron chi connectivity index (χ0n) is 17.4. The third kappa shape index (κ3) is 3.99. The van der Waals surface area contributed by atoms with Gasteiger partial charge in [0.05, 0.1) is 5.69 Å². The molecule has 4 aromatic rings. The number of carbonyl (C=O) groups excluding carboxylic acids is 1. The van der Waals surface area contributed by atoms with Gasteiger partial charge in [-0.05, 0) is 50.1 Å². The fourth-order valence-electron chi connectivity index (χ4n) is 3.59. The van der Waals surface area contributed by atoms with Crippen LogP contribution in [0.1, 0.15) is 36.9 Å². The van der Waals surface area contributed by atoms with E-state index in [-0.39, 0.29) is 5.76 Å². The molecule has 0 bridgehead atoms. The van der Waals surface area contributed by atoms with Crippen LogP contribution >= 0.6 is 23.2 Å². The molecule has 31 heavy (non-hydrogen) atoms. The first kappa shape index (κ1) is 21.6. The average Bonchev–Trinajstić information content (AvgIpc) is 3.10. The molecule has 0 radical (unpaired) electrons. The molecule has 1 N–H and O–H groups in total. The van der Waals surface area contributed by atoms with Crippen LogP contribution in [0.5, 0.6) is 0 Å². The summed E-state index contributed by atoms with van der Waals surface area (Å²) in [6, 6.07) is 16.9.